The monoisotopic (exact) mass is 356 g/mol. The number of nitrogens with zero attached hydrogens (tertiary/aromatic N) is 2. The van der Waals surface area contributed by atoms with E-state index >= 15 is 0 Å². The number of benzene rings is 1. The summed E-state index contributed by atoms with van der Waals surface area (Å²) in [5, 5.41) is 1.19. The summed E-state index contributed by atoms with van der Waals surface area (Å²) in [4.78, 5) is 18.8. The molecule has 1 aromatic heterocycles. The third-order valence-corrected chi connectivity index (χ3v) is 7.73. The van der Waals surface area contributed by atoms with Crippen LogP contribution in [0.1, 0.15) is 42.8 Å². The molecule has 3 aliphatic heterocycles. The third-order valence-electron chi connectivity index (χ3n) is 6.52. The zero-order valence-corrected chi connectivity index (χ0v) is 16.5. The molecule has 0 N–H and O–H groups in total. The summed E-state index contributed by atoms with van der Waals surface area (Å²) in [5.41, 5.74) is 1.35. The van der Waals surface area contributed by atoms with E-state index in [1.165, 1.54) is 41.7 Å². The smallest absolute Gasteiger partial charge is 0.173 e. The summed E-state index contributed by atoms with van der Waals surface area (Å²) in [6.45, 7) is 7.09. The molecule has 4 heterocycles. The molecule has 4 heteroatoms. The topological polar surface area (TPSA) is 23.6 Å². The lowest BCUT2D eigenvalue weighted by Gasteiger charge is -2.56. The standard InChI is InChI=1S/C21H28N2OS/c1-21(2)16(14-8-10-23(21)11-9-14)13-18(24)19-12-15-6-5-7-17(22(3)4)20(15)25-19/h5-7,12,14,16H,8-11,13H2,1-4H3/t16-/m1/s1. The van der Waals surface area contributed by atoms with Crippen LogP contribution in [0.2, 0.25) is 0 Å². The highest BCUT2D eigenvalue weighted by Gasteiger charge is 2.47. The van der Waals surface area contributed by atoms with Crippen LogP contribution in [0.3, 0.4) is 0 Å². The summed E-state index contributed by atoms with van der Waals surface area (Å²) in [5.74, 6) is 1.54. The van der Waals surface area contributed by atoms with E-state index in [1.807, 2.05) is 0 Å². The fourth-order valence-electron chi connectivity index (χ4n) is 4.94. The number of carbonyl (C=O) groups excluding carboxylic acids is 1. The fraction of sp³-hybridized carbons (Fsp3) is 0.571. The number of hydrogen-bond acceptors (Lipinski definition) is 4. The maximum Gasteiger partial charge on any atom is 0.173 e. The van der Waals surface area contributed by atoms with E-state index in [4.69, 9.17) is 0 Å². The van der Waals surface area contributed by atoms with Crippen LogP contribution in [0, 0.1) is 11.8 Å². The van der Waals surface area contributed by atoms with Crippen LogP contribution in [0.15, 0.2) is 24.3 Å². The Balaban J connectivity index is 1.61. The molecule has 3 aliphatic rings. The van der Waals surface area contributed by atoms with Gasteiger partial charge in [-0.05, 0) is 69.1 Å². The molecule has 134 valence electrons. The van der Waals surface area contributed by atoms with Gasteiger partial charge in [-0.3, -0.25) is 9.69 Å². The van der Waals surface area contributed by atoms with Gasteiger partial charge in [-0.25, -0.2) is 0 Å². The first-order chi connectivity index (χ1) is 11.9. The van der Waals surface area contributed by atoms with Crippen molar-refractivity contribution in [1.29, 1.82) is 0 Å². The van der Waals surface area contributed by atoms with Gasteiger partial charge < -0.3 is 4.90 Å². The van der Waals surface area contributed by atoms with Gasteiger partial charge in [-0.1, -0.05) is 12.1 Å². The van der Waals surface area contributed by atoms with Crippen LogP contribution in [0.5, 0.6) is 0 Å². The Morgan fingerprint density at radius 3 is 2.64 bits per heavy atom. The van der Waals surface area contributed by atoms with Gasteiger partial charge in [0.1, 0.15) is 0 Å². The van der Waals surface area contributed by atoms with Gasteiger partial charge in [0.15, 0.2) is 5.78 Å². The molecule has 1 atom stereocenters. The number of piperidine rings is 3. The van der Waals surface area contributed by atoms with Crippen molar-refractivity contribution in [3.8, 4) is 0 Å². The Labute approximate surface area is 154 Å². The van der Waals surface area contributed by atoms with Crippen molar-refractivity contribution in [2.24, 2.45) is 11.8 Å². The van der Waals surface area contributed by atoms with E-state index in [0.717, 1.165) is 10.8 Å². The summed E-state index contributed by atoms with van der Waals surface area (Å²) >= 11 is 1.66. The molecule has 3 nitrogen and oxygen atoms in total. The van der Waals surface area contributed by atoms with Gasteiger partial charge in [0.25, 0.3) is 0 Å². The van der Waals surface area contributed by atoms with Crippen LogP contribution in [0.25, 0.3) is 10.1 Å². The lowest BCUT2D eigenvalue weighted by molar-refractivity contribution is -0.0643. The van der Waals surface area contributed by atoms with E-state index in [0.29, 0.717) is 18.1 Å². The second kappa shape index (κ2) is 6.10. The number of anilines is 1. The van der Waals surface area contributed by atoms with Crippen molar-refractivity contribution in [1.82, 2.24) is 4.90 Å². The number of ketones is 1. The SMILES string of the molecule is CN(C)c1cccc2cc(C(=O)C[C@@H]3C4CCN(CC4)C3(C)C)sc12. The zero-order valence-electron chi connectivity index (χ0n) is 15.7. The zero-order chi connectivity index (χ0) is 17.8. The Morgan fingerprint density at radius 2 is 2.00 bits per heavy atom. The number of hydrogen-bond donors (Lipinski definition) is 0. The van der Waals surface area contributed by atoms with E-state index in [1.54, 1.807) is 11.3 Å². The van der Waals surface area contributed by atoms with Crippen LogP contribution in [0.4, 0.5) is 5.69 Å². The Kier molecular flexibility index (Phi) is 4.16. The number of rotatable bonds is 4. The molecular weight excluding hydrogens is 328 g/mol. The minimum atomic E-state index is 0.155. The first kappa shape index (κ1) is 17.0. The van der Waals surface area contributed by atoms with E-state index < -0.39 is 0 Å². The van der Waals surface area contributed by atoms with E-state index in [2.05, 4.69) is 62.0 Å². The average molecular weight is 357 g/mol. The molecule has 1 aromatic carbocycles. The molecule has 0 spiro atoms. The van der Waals surface area contributed by atoms with E-state index in [-0.39, 0.29) is 5.54 Å². The summed E-state index contributed by atoms with van der Waals surface area (Å²) in [6, 6.07) is 8.43. The molecule has 3 fully saturated rings. The second-order valence-electron chi connectivity index (χ2n) is 8.41. The number of Topliss-reactive ketones (excluding diaryl/α,β-unsaturated/α-hetero) is 1. The van der Waals surface area contributed by atoms with Gasteiger partial charge >= 0.3 is 0 Å². The fourth-order valence-corrected chi connectivity index (χ4v) is 6.15. The highest BCUT2D eigenvalue weighted by molar-refractivity contribution is 7.21. The summed E-state index contributed by atoms with van der Waals surface area (Å²) in [6.07, 6.45) is 3.22. The minimum Gasteiger partial charge on any atom is -0.377 e. The molecule has 5 rings (SSSR count). The Bertz CT molecular complexity index is 799. The molecule has 3 saturated heterocycles. The normalized spacial score (nSPS) is 27.6. The summed E-state index contributed by atoms with van der Waals surface area (Å²) in [7, 11) is 4.12. The predicted octanol–water partition coefficient (Wildman–Crippen LogP) is 4.66. The molecule has 0 aliphatic carbocycles. The second-order valence-corrected chi connectivity index (χ2v) is 9.46. The van der Waals surface area contributed by atoms with Gasteiger partial charge in [0.05, 0.1) is 15.3 Å². The lowest BCUT2D eigenvalue weighted by atomic mass is 9.65. The maximum atomic E-state index is 13.1. The first-order valence-corrected chi connectivity index (χ1v) is 10.2. The lowest BCUT2D eigenvalue weighted by Crippen LogP contribution is -2.61. The van der Waals surface area contributed by atoms with Crippen molar-refractivity contribution in [3.05, 3.63) is 29.1 Å². The van der Waals surface area contributed by atoms with Gasteiger partial charge in [-0.15, -0.1) is 11.3 Å². The average Bonchev–Trinajstić information content (AvgIpc) is 3.02. The minimum absolute atomic E-state index is 0.155. The van der Waals surface area contributed by atoms with Crippen LogP contribution in [-0.2, 0) is 0 Å². The molecule has 25 heavy (non-hydrogen) atoms. The predicted molar refractivity (Wildman–Crippen MR) is 107 cm³/mol. The van der Waals surface area contributed by atoms with Crippen molar-refractivity contribution in [2.75, 3.05) is 32.1 Å². The molecule has 2 bridgehead atoms. The van der Waals surface area contributed by atoms with Crippen molar-refractivity contribution in [2.45, 2.75) is 38.6 Å². The number of carbonyl (C=O) groups is 1. The number of thiophene rings is 1. The molecule has 0 saturated carbocycles. The molecule has 0 amide bonds. The highest BCUT2D eigenvalue weighted by atomic mass is 32.1. The van der Waals surface area contributed by atoms with Gasteiger partial charge in [-0.2, -0.15) is 0 Å². The maximum absolute atomic E-state index is 13.1. The van der Waals surface area contributed by atoms with E-state index in [9.17, 15) is 4.79 Å². The Hall–Kier alpha value is -1.39. The van der Waals surface area contributed by atoms with Crippen molar-refractivity contribution < 1.29 is 4.79 Å². The Morgan fingerprint density at radius 1 is 1.28 bits per heavy atom. The highest BCUT2D eigenvalue weighted by Crippen LogP contribution is 2.46. The van der Waals surface area contributed by atoms with Crippen LogP contribution < -0.4 is 4.90 Å². The van der Waals surface area contributed by atoms with Crippen LogP contribution in [-0.4, -0.2) is 43.4 Å². The summed E-state index contributed by atoms with van der Waals surface area (Å²) < 4.78 is 1.23. The van der Waals surface area contributed by atoms with Crippen molar-refractivity contribution in [3.63, 3.8) is 0 Å². The van der Waals surface area contributed by atoms with Crippen LogP contribution >= 0.6 is 11.3 Å². The first-order valence-electron chi connectivity index (χ1n) is 9.36. The molecule has 2 aromatic rings. The third kappa shape index (κ3) is 2.80. The van der Waals surface area contributed by atoms with Gasteiger partial charge in [0.2, 0.25) is 0 Å². The van der Waals surface area contributed by atoms with Gasteiger partial charge in [0, 0.05) is 26.1 Å². The number of fused-ring (bicyclic) bond motifs is 4. The molecular formula is C21H28N2OS. The van der Waals surface area contributed by atoms with Crippen molar-refractivity contribution >= 4 is 32.9 Å². The quantitative estimate of drug-likeness (QED) is 0.744. The largest absolute Gasteiger partial charge is 0.377 e. The molecule has 0 radical (unpaired) electrons. The molecule has 0 unspecified atom stereocenters.